The van der Waals surface area contributed by atoms with E-state index in [-0.39, 0.29) is 17.8 Å². The van der Waals surface area contributed by atoms with Gasteiger partial charge in [-0.05, 0) is 29.7 Å². The highest BCUT2D eigenvalue weighted by molar-refractivity contribution is 7.85. The Morgan fingerprint density at radius 1 is 1.12 bits per heavy atom. The molecule has 3 nitrogen and oxygen atoms in total. The van der Waals surface area contributed by atoms with E-state index in [0.717, 1.165) is 11.1 Å². The predicted molar refractivity (Wildman–Crippen MR) is 93.5 cm³/mol. The second-order valence-electron chi connectivity index (χ2n) is 5.95. The van der Waals surface area contributed by atoms with Gasteiger partial charge in [0.2, 0.25) is 5.91 Å². The Kier molecular flexibility index (Phi) is 5.41. The summed E-state index contributed by atoms with van der Waals surface area (Å²) in [6.45, 7) is 0.522. The standard InChI is InChI=1S/C19H20FNO2S/c20-17-9-6-15(7-10-17)8-11-19(22)21-12-13-24(23)14-18(21)16-4-2-1-3-5-16/h1-7,9-10,18H,8,11-14H2/t18-,24-/m0/s1. The number of hydrogen-bond acceptors (Lipinski definition) is 2. The number of benzene rings is 2. The van der Waals surface area contributed by atoms with Crippen LogP contribution in [-0.2, 0) is 22.0 Å². The molecule has 0 radical (unpaired) electrons. The molecule has 0 spiro atoms. The van der Waals surface area contributed by atoms with Crippen LogP contribution < -0.4 is 0 Å². The van der Waals surface area contributed by atoms with Crippen molar-refractivity contribution in [3.8, 4) is 0 Å². The van der Waals surface area contributed by atoms with Crippen molar-refractivity contribution in [1.29, 1.82) is 0 Å². The normalized spacial score (nSPS) is 20.8. The molecule has 3 rings (SSSR count). The Morgan fingerprint density at radius 2 is 1.83 bits per heavy atom. The SMILES string of the molecule is O=C(CCc1ccc(F)cc1)N1CC[S@](=O)C[C@H]1c1ccccc1. The van der Waals surface area contributed by atoms with E-state index in [9.17, 15) is 13.4 Å². The van der Waals surface area contributed by atoms with E-state index in [1.54, 1.807) is 12.1 Å². The van der Waals surface area contributed by atoms with E-state index in [1.807, 2.05) is 35.2 Å². The zero-order valence-corrected chi connectivity index (χ0v) is 14.2. The molecule has 0 saturated carbocycles. The van der Waals surface area contributed by atoms with Crippen LogP contribution in [0.3, 0.4) is 0 Å². The molecule has 2 aromatic carbocycles. The molecule has 2 aromatic rings. The Labute approximate surface area is 143 Å². The first-order valence-electron chi connectivity index (χ1n) is 8.07. The molecule has 24 heavy (non-hydrogen) atoms. The van der Waals surface area contributed by atoms with Crippen molar-refractivity contribution < 1.29 is 13.4 Å². The van der Waals surface area contributed by atoms with Crippen molar-refractivity contribution in [1.82, 2.24) is 4.90 Å². The van der Waals surface area contributed by atoms with Gasteiger partial charge in [-0.2, -0.15) is 0 Å². The highest BCUT2D eigenvalue weighted by atomic mass is 32.2. The monoisotopic (exact) mass is 345 g/mol. The Bertz CT molecular complexity index is 718. The van der Waals surface area contributed by atoms with Crippen molar-refractivity contribution in [3.63, 3.8) is 0 Å². The molecular weight excluding hydrogens is 325 g/mol. The molecule has 1 heterocycles. The topological polar surface area (TPSA) is 37.4 Å². The van der Waals surface area contributed by atoms with Crippen molar-refractivity contribution >= 4 is 16.7 Å². The summed E-state index contributed by atoms with van der Waals surface area (Å²) < 4.78 is 24.9. The zero-order valence-electron chi connectivity index (χ0n) is 13.4. The van der Waals surface area contributed by atoms with Gasteiger partial charge in [0.15, 0.2) is 0 Å². The van der Waals surface area contributed by atoms with E-state index in [2.05, 4.69) is 0 Å². The van der Waals surface area contributed by atoms with Gasteiger partial charge in [0.25, 0.3) is 0 Å². The third-order valence-corrected chi connectivity index (χ3v) is 5.65. The van der Waals surface area contributed by atoms with Crippen molar-refractivity contribution in [2.24, 2.45) is 0 Å². The largest absolute Gasteiger partial charge is 0.334 e. The summed E-state index contributed by atoms with van der Waals surface area (Å²) >= 11 is 0. The van der Waals surface area contributed by atoms with Crippen molar-refractivity contribution in [3.05, 3.63) is 71.5 Å². The smallest absolute Gasteiger partial charge is 0.223 e. The summed E-state index contributed by atoms with van der Waals surface area (Å²) in [6, 6.07) is 15.9. The average Bonchev–Trinajstić information content (AvgIpc) is 2.61. The Balaban J connectivity index is 1.69. The molecule has 0 bridgehead atoms. The molecular formula is C19H20FNO2S. The van der Waals surface area contributed by atoms with E-state index >= 15 is 0 Å². The van der Waals surface area contributed by atoms with E-state index in [1.165, 1.54) is 12.1 Å². The van der Waals surface area contributed by atoms with Gasteiger partial charge in [0.1, 0.15) is 5.82 Å². The van der Waals surface area contributed by atoms with Crippen LogP contribution in [-0.4, -0.2) is 33.1 Å². The fourth-order valence-electron chi connectivity index (χ4n) is 3.00. The van der Waals surface area contributed by atoms with E-state index in [4.69, 9.17) is 0 Å². The lowest BCUT2D eigenvalue weighted by Gasteiger charge is -2.35. The van der Waals surface area contributed by atoms with E-state index in [0.29, 0.717) is 30.9 Å². The lowest BCUT2D eigenvalue weighted by atomic mass is 10.0. The second-order valence-corrected chi connectivity index (χ2v) is 7.57. The van der Waals surface area contributed by atoms with Crippen LogP contribution in [0.4, 0.5) is 4.39 Å². The van der Waals surface area contributed by atoms with Gasteiger partial charge < -0.3 is 4.90 Å². The van der Waals surface area contributed by atoms with E-state index < -0.39 is 10.8 Å². The Hall–Kier alpha value is -2.01. The molecule has 1 fully saturated rings. The van der Waals surface area contributed by atoms with Crippen LogP contribution in [0.2, 0.25) is 0 Å². The highest BCUT2D eigenvalue weighted by Crippen LogP contribution is 2.26. The first kappa shape index (κ1) is 16.8. The van der Waals surface area contributed by atoms with Gasteiger partial charge in [0.05, 0.1) is 6.04 Å². The van der Waals surface area contributed by atoms with Gasteiger partial charge in [-0.3, -0.25) is 9.00 Å². The number of amides is 1. The molecule has 5 heteroatoms. The fourth-order valence-corrected chi connectivity index (χ4v) is 4.29. The summed E-state index contributed by atoms with van der Waals surface area (Å²) in [5.74, 6) is 0.815. The quantitative estimate of drug-likeness (QED) is 0.854. The number of carbonyl (C=O) groups is 1. The first-order valence-corrected chi connectivity index (χ1v) is 9.56. The van der Waals surface area contributed by atoms with Crippen LogP contribution in [0, 0.1) is 5.82 Å². The minimum atomic E-state index is -0.886. The minimum Gasteiger partial charge on any atom is -0.334 e. The molecule has 2 atom stereocenters. The molecule has 1 aliphatic rings. The van der Waals surface area contributed by atoms with Gasteiger partial charge in [-0.15, -0.1) is 0 Å². The van der Waals surface area contributed by atoms with Crippen LogP contribution in [0.1, 0.15) is 23.6 Å². The summed E-state index contributed by atoms with van der Waals surface area (Å²) in [5.41, 5.74) is 1.97. The molecule has 126 valence electrons. The van der Waals surface area contributed by atoms with Gasteiger partial charge in [-0.1, -0.05) is 42.5 Å². The van der Waals surface area contributed by atoms with Crippen LogP contribution >= 0.6 is 0 Å². The maximum Gasteiger partial charge on any atom is 0.223 e. The predicted octanol–water partition coefficient (Wildman–Crippen LogP) is 3.09. The first-order chi connectivity index (χ1) is 11.6. The molecule has 0 N–H and O–H groups in total. The molecule has 1 saturated heterocycles. The average molecular weight is 345 g/mol. The molecule has 0 unspecified atom stereocenters. The van der Waals surface area contributed by atoms with Gasteiger partial charge in [0, 0.05) is 35.3 Å². The number of nitrogens with zero attached hydrogens (tertiary/aromatic N) is 1. The van der Waals surface area contributed by atoms with Crippen LogP contribution in [0.25, 0.3) is 0 Å². The highest BCUT2D eigenvalue weighted by Gasteiger charge is 2.30. The zero-order chi connectivity index (χ0) is 16.9. The number of halogens is 1. The fraction of sp³-hybridized carbons (Fsp3) is 0.316. The van der Waals surface area contributed by atoms with Crippen molar-refractivity contribution in [2.45, 2.75) is 18.9 Å². The van der Waals surface area contributed by atoms with Gasteiger partial charge >= 0.3 is 0 Å². The molecule has 1 aliphatic heterocycles. The molecule has 1 amide bonds. The summed E-state index contributed by atoms with van der Waals surface area (Å²) in [5, 5.41) is 0. The summed E-state index contributed by atoms with van der Waals surface area (Å²) in [4.78, 5) is 14.5. The van der Waals surface area contributed by atoms with Gasteiger partial charge in [-0.25, -0.2) is 4.39 Å². The van der Waals surface area contributed by atoms with Crippen LogP contribution in [0.5, 0.6) is 0 Å². The molecule has 0 aromatic heterocycles. The maximum absolute atomic E-state index is 12.9. The third-order valence-electron chi connectivity index (χ3n) is 4.33. The van der Waals surface area contributed by atoms with Crippen molar-refractivity contribution in [2.75, 3.05) is 18.1 Å². The Morgan fingerprint density at radius 3 is 2.54 bits per heavy atom. The number of rotatable bonds is 4. The number of hydrogen-bond donors (Lipinski definition) is 0. The third kappa shape index (κ3) is 4.09. The molecule has 0 aliphatic carbocycles. The summed E-state index contributed by atoms with van der Waals surface area (Å²) in [7, 11) is -0.886. The lowest BCUT2D eigenvalue weighted by molar-refractivity contribution is -0.133. The maximum atomic E-state index is 12.9. The lowest BCUT2D eigenvalue weighted by Crippen LogP contribution is -2.44. The number of aryl methyl sites for hydroxylation is 1. The number of carbonyl (C=O) groups excluding carboxylic acids is 1. The second kappa shape index (κ2) is 7.71. The van der Waals surface area contributed by atoms with Crippen LogP contribution in [0.15, 0.2) is 54.6 Å². The summed E-state index contributed by atoms with van der Waals surface area (Å²) in [6.07, 6.45) is 0.960. The minimum absolute atomic E-state index is 0.0601.